The Morgan fingerprint density at radius 3 is 2.82 bits per heavy atom. The van der Waals surface area contributed by atoms with Crippen LogP contribution in [0.2, 0.25) is 0 Å². The molecular formula is C17H23N3O2. The Morgan fingerprint density at radius 1 is 1.41 bits per heavy atom. The molecule has 118 valence electrons. The van der Waals surface area contributed by atoms with Crippen molar-refractivity contribution < 1.29 is 9.90 Å². The highest BCUT2D eigenvalue weighted by molar-refractivity contribution is 5.99. The van der Waals surface area contributed by atoms with Gasteiger partial charge in [-0.15, -0.1) is 0 Å². The Kier molecular flexibility index (Phi) is 4.98. The normalized spacial score (nSPS) is 12.2. The average molecular weight is 301 g/mol. The van der Waals surface area contributed by atoms with E-state index in [-0.39, 0.29) is 0 Å². The molecule has 0 radical (unpaired) electrons. The fourth-order valence-corrected chi connectivity index (χ4v) is 2.19. The quantitative estimate of drug-likeness (QED) is 0.636. The zero-order chi connectivity index (χ0) is 16.2. The number of aromatic nitrogens is 1. The van der Waals surface area contributed by atoms with Crippen LogP contribution in [-0.4, -0.2) is 27.4 Å². The maximum absolute atomic E-state index is 11.6. The van der Waals surface area contributed by atoms with Crippen molar-refractivity contribution in [1.29, 1.82) is 0 Å². The van der Waals surface area contributed by atoms with Crippen LogP contribution in [-0.2, 0) is 11.3 Å². The van der Waals surface area contributed by atoms with Crippen LogP contribution in [0, 0.1) is 0 Å². The molecule has 1 aromatic heterocycles. The number of hydrazone groups is 1. The van der Waals surface area contributed by atoms with Gasteiger partial charge in [0, 0.05) is 29.2 Å². The van der Waals surface area contributed by atoms with Crippen LogP contribution in [0.4, 0.5) is 0 Å². The summed E-state index contributed by atoms with van der Waals surface area (Å²) in [6, 6.07) is 8.12. The number of unbranched alkanes of at least 4 members (excludes halogenated alkanes) is 1. The second-order valence-corrected chi connectivity index (χ2v) is 5.91. The molecule has 5 nitrogen and oxygen atoms in total. The summed E-state index contributed by atoms with van der Waals surface area (Å²) in [4.78, 5) is 11.6. The predicted octanol–water partition coefficient (Wildman–Crippen LogP) is 2.66. The third kappa shape index (κ3) is 3.74. The number of nitrogens with one attached hydrogen (secondary N) is 1. The molecule has 1 heterocycles. The van der Waals surface area contributed by atoms with Gasteiger partial charge < -0.3 is 9.67 Å². The second kappa shape index (κ2) is 6.75. The number of nitrogens with zero attached hydrogens (tertiary/aromatic N) is 2. The first-order valence-electron chi connectivity index (χ1n) is 7.57. The van der Waals surface area contributed by atoms with Crippen molar-refractivity contribution in [2.24, 2.45) is 5.10 Å². The fraction of sp³-hybridized carbons (Fsp3) is 0.412. The van der Waals surface area contributed by atoms with Gasteiger partial charge in [-0.05, 0) is 26.3 Å². The van der Waals surface area contributed by atoms with Crippen LogP contribution >= 0.6 is 0 Å². The molecule has 5 heteroatoms. The summed E-state index contributed by atoms with van der Waals surface area (Å²) in [6.45, 7) is 5.98. The number of rotatable bonds is 6. The first kappa shape index (κ1) is 16.2. The van der Waals surface area contributed by atoms with Crippen LogP contribution in [0.5, 0.6) is 0 Å². The zero-order valence-corrected chi connectivity index (χ0v) is 13.3. The van der Waals surface area contributed by atoms with Gasteiger partial charge in [-0.3, -0.25) is 4.79 Å². The number of hydrogen-bond acceptors (Lipinski definition) is 3. The van der Waals surface area contributed by atoms with Crippen molar-refractivity contribution in [2.75, 3.05) is 0 Å². The maximum atomic E-state index is 11.6. The lowest BCUT2D eigenvalue weighted by Crippen LogP contribution is -2.39. The number of carbonyl (C=O) groups excluding carboxylic acids is 1. The van der Waals surface area contributed by atoms with Gasteiger partial charge in [0.05, 0.1) is 6.21 Å². The van der Waals surface area contributed by atoms with Crippen LogP contribution in [0.15, 0.2) is 35.6 Å². The Hall–Kier alpha value is -2.14. The Bertz CT molecular complexity index is 681. The van der Waals surface area contributed by atoms with Gasteiger partial charge in [-0.25, -0.2) is 5.43 Å². The van der Waals surface area contributed by atoms with Crippen molar-refractivity contribution in [3.63, 3.8) is 0 Å². The maximum Gasteiger partial charge on any atom is 0.271 e. The third-order valence-corrected chi connectivity index (χ3v) is 3.50. The first-order chi connectivity index (χ1) is 10.4. The smallest absolute Gasteiger partial charge is 0.271 e. The number of aryl methyl sites for hydroxylation is 1. The first-order valence-corrected chi connectivity index (χ1v) is 7.57. The van der Waals surface area contributed by atoms with Gasteiger partial charge in [-0.1, -0.05) is 31.5 Å². The average Bonchev–Trinajstić information content (AvgIpc) is 2.82. The fourth-order valence-electron chi connectivity index (χ4n) is 2.19. The summed E-state index contributed by atoms with van der Waals surface area (Å²) < 4.78 is 2.21. The summed E-state index contributed by atoms with van der Waals surface area (Å²) in [6.07, 6.45) is 5.91. The van der Waals surface area contributed by atoms with E-state index in [1.807, 2.05) is 24.4 Å². The summed E-state index contributed by atoms with van der Waals surface area (Å²) in [5.74, 6) is -0.529. The minimum Gasteiger partial charge on any atom is -0.381 e. The molecule has 1 aromatic carbocycles. The van der Waals surface area contributed by atoms with Crippen molar-refractivity contribution in [3.8, 4) is 0 Å². The molecule has 0 unspecified atom stereocenters. The van der Waals surface area contributed by atoms with E-state index in [1.54, 1.807) is 6.21 Å². The van der Waals surface area contributed by atoms with E-state index in [0.29, 0.717) is 0 Å². The predicted molar refractivity (Wildman–Crippen MR) is 88.9 cm³/mol. The molecule has 2 N–H and O–H groups in total. The number of hydrogen-bond donors (Lipinski definition) is 2. The van der Waals surface area contributed by atoms with Crippen LogP contribution in [0.25, 0.3) is 10.9 Å². The summed E-state index contributed by atoms with van der Waals surface area (Å²) in [5, 5.41) is 14.6. The second-order valence-electron chi connectivity index (χ2n) is 5.91. The Labute approximate surface area is 130 Å². The molecule has 2 rings (SSSR count). The third-order valence-electron chi connectivity index (χ3n) is 3.50. The number of benzene rings is 1. The van der Waals surface area contributed by atoms with E-state index < -0.39 is 11.5 Å². The van der Waals surface area contributed by atoms with Gasteiger partial charge in [-0.2, -0.15) is 5.10 Å². The lowest BCUT2D eigenvalue weighted by molar-refractivity contribution is -0.136. The van der Waals surface area contributed by atoms with Gasteiger partial charge in [0.1, 0.15) is 5.60 Å². The Morgan fingerprint density at radius 2 is 2.14 bits per heavy atom. The van der Waals surface area contributed by atoms with Gasteiger partial charge in [0.25, 0.3) is 5.91 Å². The molecule has 22 heavy (non-hydrogen) atoms. The molecular weight excluding hydrogens is 278 g/mol. The van der Waals surface area contributed by atoms with E-state index in [2.05, 4.69) is 28.1 Å². The molecule has 0 aliphatic carbocycles. The highest BCUT2D eigenvalue weighted by Crippen LogP contribution is 2.20. The molecule has 0 spiro atoms. The van der Waals surface area contributed by atoms with E-state index >= 15 is 0 Å². The van der Waals surface area contributed by atoms with Gasteiger partial charge >= 0.3 is 0 Å². The van der Waals surface area contributed by atoms with Crippen LogP contribution in [0.1, 0.15) is 39.2 Å². The lowest BCUT2D eigenvalue weighted by atomic mass is 10.1. The Balaban J connectivity index is 2.22. The van der Waals surface area contributed by atoms with E-state index in [1.165, 1.54) is 13.8 Å². The molecule has 0 bridgehead atoms. The number of amides is 1. The number of fused-ring (bicyclic) bond motifs is 1. The lowest BCUT2D eigenvalue weighted by Gasteiger charge is -2.13. The molecule has 1 amide bonds. The van der Waals surface area contributed by atoms with E-state index in [9.17, 15) is 9.90 Å². The van der Waals surface area contributed by atoms with E-state index in [0.717, 1.165) is 35.9 Å². The molecule has 0 saturated heterocycles. The summed E-state index contributed by atoms with van der Waals surface area (Å²) >= 11 is 0. The number of aliphatic hydroxyl groups is 1. The minimum absolute atomic E-state index is 0.529. The van der Waals surface area contributed by atoms with Crippen LogP contribution in [0.3, 0.4) is 0 Å². The van der Waals surface area contributed by atoms with Crippen molar-refractivity contribution in [1.82, 2.24) is 9.99 Å². The zero-order valence-electron chi connectivity index (χ0n) is 13.3. The van der Waals surface area contributed by atoms with Gasteiger partial charge in [0.15, 0.2) is 0 Å². The number of para-hydroxylation sites is 1. The summed E-state index contributed by atoms with van der Waals surface area (Å²) in [7, 11) is 0. The van der Waals surface area contributed by atoms with E-state index in [4.69, 9.17) is 0 Å². The van der Waals surface area contributed by atoms with Crippen LogP contribution < -0.4 is 5.43 Å². The molecule has 0 fully saturated rings. The van der Waals surface area contributed by atoms with Crippen molar-refractivity contribution in [3.05, 3.63) is 36.0 Å². The monoisotopic (exact) mass is 301 g/mol. The van der Waals surface area contributed by atoms with Crippen molar-refractivity contribution in [2.45, 2.75) is 45.8 Å². The highest BCUT2D eigenvalue weighted by atomic mass is 16.3. The molecule has 2 aromatic rings. The molecule has 0 atom stereocenters. The highest BCUT2D eigenvalue weighted by Gasteiger charge is 2.22. The standard InChI is InChI=1S/C17H23N3O2/c1-4-5-10-20-12-13(14-8-6-7-9-15(14)20)11-18-19-16(21)17(2,3)22/h6-9,11-12,22H,4-5,10H2,1-3H3,(H,19,21)/b18-11-. The molecule has 0 aliphatic rings. The van der Waals surface area contributed by atoms with Gasteiger partial charge in [0.2, 0.25) is 0 Å². The molecule has 0 saturated carbocycles. The minimum atomic E-state index is -1.44. The number of carbonyl (C=O) groups is 1. The SMILES string of the molecule is CCCCn1cc(/C=N\NC(=O)C(C)(C)O)c2ccccc21. The summed E-state index contributed by atoms with van der Waals surface area (Å²) in [5.41, 5.74) is 3.03. The molecule has 0 aliphatic heterocycles. The largest absolute Gasteiger partial charge is 0.381 e. The topological polar surface area (TPSA) is 66.6 Å². The van der Waals surface area contributed by atoms with Crippen molar-refractivity contribution >= 4 is 23.0 Å².